The molecular formula is C17H26N4O3. The van der Waals surface area contributed by atoms with E-state index < -0.39 is 6.03 Å². The number of phenolic OH excluding ortho intramolecular Hbond substituents is 1. The number of nitrogens with one attached hydrogen (secondary N) is 2. The summed E-state index contributed by atoms with van der Waals surface area (Å²) in [5.41, 5.74) is 1.06. The predicted octanol–water partition coefficient (Wildman–Crippen LogP) is 1.14. The van der Waals surface area contributed by atoms with Crippen molar-refractivity contribution in [2.75, 3.05) is 44.2 Å². The normalized spacial score (nSPS) is 15.1. The number of anilines is 1. The highest BCUT2D eigenvalue weighted by molar-refractivity contribution is 5.95. The average molecular weight is 334 g/mol. The monoisotopic (exact) mass is 334 g/mol. The van der Waals surface area contributed by atoms with Crippen LogP contribution in [-0.2, 0) is 4.79 Å². The Kier molecular flexibility index (Phi) is 6.87. The lowest BCUT2D eigenvalue weighted by Crippen LogP contribution is -2.51. The number of carbonyl (C=O) groups is 2. The van der Waals surface area contributed by atoms with Gasteiger partial charge in [-0.3, -0.25) is 15.0 Å². The molecule has 0 radical (unpaired) electrons. The molecule has 2 rings (SSSR count). The predicted molar refractivity (Wildman–Crippen MR) is 93.2 cm³/mol. The lowest BCUT2D eigenvalue weighted by molar-refractivity contribution is -0.121. The van der Waals surface area contributed by atoms with Gasteiger partial charge in [-0.25, -0.2) is 4.79 Å². The number of nitrogens with zero attached hydrogens (tertiary/aromatic N) is 2. The van der Waals surface area contributed by atoms with Crippen molar-refractivity contribution in [2.45, 2.75) is 19.8 Å². The van der Waals surface area contributed by atoms with Gasteiger partial charge in [0.05, 0.1) is 6.54 Å². The highest BCUT2D eigenvalue weighted by Crippen LogP contribution is 2.19. The number of piperazine rings is 1. The molecule has 1 heterocycles. The number of urea groups is 1. The Morgan fingerprint density at radius 2 is 1.79 bits per heavy atom. The second kappa shape index (κ2) is 9.12. The van der Waals surface area contributed by atoms with Crippen LogP contribution in [0.1, 0.15) is 19.8 Å². The van der Waals surface area contributed by atoms with Crippen molar-refractivity contribution in [2.24, 2.45) is 0 Å². The van der Waals surface area contributed by atoms with E-state index in [9.17, 15) is 14.7 Å². The molecule has 1 aromatic carbocycles. The van der Waals surface area contributed by atoms with E-state index in [4.69, 9.17) is 0 Å². The third kappa shape index (κ3) is 5.73. The van der Waals surface area contributed by atoms with Crippen LogP contribution >= 0.6 is 0 Å². The Hall–Kier alpha value is -2.28. The second-order valence-electron chi connectivity index (χ2n) is 5.94. The SMILES string of the molecule is CCCCNC(=O)NC(=O)CN1CCN(c2ccc(O)cc2)CC1. The average Bonchev–Trinajstić information content (AvgIpc) is 2.56. The number of imide groups is 1. The van der Waals surface area contributed by atoms with E-state index in [0.717, 1.165) is 44.7 Å². The van der Waals surface area contributed by atoms with Crippen LogP contribution < -0.4 is 15.5 Å². The largest absolute Gasteiger partial charge is 0.508 e. The number of phenols is 1. The van der Waals surface area contributed by atoms with E-state index in [-0.39, 0.29) is 18.2 Å². The summed E-state index contributed by atoms with van der Waals surface area (Å²) in [4.78, 5) is 27.7. The van der Waals surface area contributed by atoms with E-state index in [0.29, 0.717) is 6.54 Å². The zero-order valence-electron chi connectivity index (χ0n) is 14.1. The molecular weight excluding hydrogens is 308 g/mol. The van der Waals surface area contributed by atoms with Crippen molar-refractivity contribution < 1.29 is 14.7 Å². The van der Waals surface area contributed by atoms with Gasteiger partial charge in [0.2, 0.25) is 5.91 Å². The molecule has 24 heavy (non-hydrogen) atoms. The second-order valence-corrected chi connectivity index (χ2v) is 5.94. The van der Waals surface area contributed by atoms with Crippen LogP contribution in [0, 0.1) is 0 Å². The molecule has 0 aliphatic carbocycles. The maximum Gasteiger partial charge on any atom is 0.321 e. The molecule has 0 bridgehead atoms. The van der Waals surface area contributed by atoms with Gasteiger partial charge < -0.3 is 15.3 Å². The molecule has 0 atom stereocenters. The molecule has 7 nitrogen and oxygen atoms in total. The van der Waals surface area contributed by atoms with E-state index >= 15 is 0 Å². The molecule has 0 unspecified atom stereocenters. The van der Waals surface area contributed by atoms with Gasteiger partial charge in [0.25, 0.3) is 0 Å². The van der Waals surface area contributed by atoms with E-state index in [1.165, 1.54) is 0 Å². The Labute approximate surface area is 142 Å². The van der Waals surface area contributed by atoms with Gasteiger partial charge in [-0.1, -0.05) is 13.3 Å². The first-order valence-corrected chi connectivity index (χ1v) is 8.42. The highest BCUT2D eigenvalue weighted by atomic mass is 16.3. The molecule has 1 saturated heterocycles. The molecule has 1 fully saturated rings. The minimum absolute atomic E-state index is 0.227. The summed E-state index contributed by atoms with van der Waals surface area (Å²) in [5.74, 6) is -0.0200. The van der Waals surface area contributed by atoms with Gasteiger partial charge in [-0.05, 0) is 30.7 Å². The fourth-order valence-electron chi connectivity index (χ4n) is 2.62. The van der Waals surface area contributed by atoms with Crippen LogP contribution in [0.4, 0.5) is 10.5 Å². The summed E-state index contributed by atoms with van der Waals surface area (Å²) in [7, 11) is 0. The fourth-order valence-corrected chi connectivity index (χ4v) is 2.62. The number of unbranched alkanes of at least 4 members (excludes halogenated alkanes) is 1. The topological polar surface area (TPSA) is 84.9 Å². The third-order valence-corrected chi connectivity index (χ3v) is 4.02. The van der Waals surface area contributed by atoms with Crippen molar-refractivity contribution >= 4 is 17.6 Å². The van der Waals surface area contributed by atoms with Crippen LogP contribution in [0.25, 0.3) is 0 Å². The molecule has 3 N–H and O–H groups in total. The highest BCUT2D eigenvalue weighted by Gasteiger charge is 2.20. The number of amides is 3. The number of hydrogen-bond acceptors (Lipinski definition) is 5. The number of rotatable bonds is 6. The zero-order valence-corrected chi connectivity index (χ0v) is 14.1. The maximum absolute atomic E-state index is 11.9. The van der Waals surface area contributed by atoms with Gasteiger partial charge in [0, 0.05) is 38.4 Å². The third-order valence-electron chi connectivity index (χ3n) is 4.02. The summed E-state index contributed by atoms with van der Waals surface area (Å²) in [6, 6.07) is 6.70. The first kappa shape index (κ1) is 18.1. The molecule has 0 saturated carbocycles. The summed E-state index contributed by atoms with van der Waals surface area (Å²) in [6.07, 6.45) is 1.90. The van der Waals surface area contributed by atoms with Gasteiger partial charge in [-0.2, -0.15) is 0 Å². The fraction of sp³-hybridized carbons (Fsp3) is 0.529. The smallest absolute Gasteiger partial charge is 0.321 e. The Morgan fingerprint density at radius 1 is 1.12 bits per heavy atom. The van der Waals surface area contributed by atoms with Gasteiger partial charge in [0.1, 0.15) is 5.75 Å². The van der Waals surface area contributed by atoms with Gasteiger partial charge in [0.15, 0.2) is 0 Å². The standard InChI is InChI=1S/C17H26N4O3/c1-2-3-8-18-17(24)19-16(23)13-20-9-11-21(12-10-20)14-4-6-15(22)7-5-14/h4-7,22H,2-3,8-13H2,1H3,(H2,18,19,23,24). The molecule has 0 aromatic heterocycles. The van der Waals surface area contributed by atoms with Crippen LogP contribution in [0.5, 0.6) is 5.75 Å². The molecule has 0 spiro atoms. The summed E-state index contributed by atoms with van der Waals surface area (Å²) >= 11 is 0. The van der Waals surface area contributed by atoms with Crippen LogP contribution in [-0.4, -0.2) is 61.2 Å². The van der Waals surface area contributed by atoms with E-state index in [1.807, 2.05) is 24.0 Å². The quantitative estimate of drug-likeness (QED) is 0.680. The minimum Gasteiger partial charge on any atom is -0.508 e. The van der Waals surface area contributed by atoms with E-state index in [2.05, 4.69) is 15.5 Å². The Balaban J connectivity index is 1.69. The van der Waals surface area contributed by atoms with Crippen molar-refractivity contribution in [3.05, 3.63) is 24.3 Å². The van der Waals surface area contributed by atoms with Crippen molar-refractivity contribution in [1.82, 2.24) is 15.5 Å². The van der Waals surface area contributed by atoms with Crippen molar-refractivity contribution in [1.29, 1.82) is 0 Å². The van der Waals surface area contributed by atoms with Crippen LogP contribution in [0.2, 0.25) is 0 Å². The minimum atomic E-state index is -0.420. The first-order valence-electron chi connectivity index (χ1n) is 8.42. The van der Waals surface area contributed by atoms with E-state index in [1.54, 1.807) is 12.1 Å². The molecule has 1 aliphatic rings. The molecule has 1 aromatic rings. The zero-order chi connectivity index (χ0) is 17.4. The van der Waals surface area contributed by atoms with Gasteiger partial charge >= 0.3 is 6.03 Å². The summed E-state index contributed by atoms with van der Waals surface area (Å²) in [5, 5.41) is 14.4. The number of hydrogen-bond donors (Lipinski definition) is 3. The lowest BCUT2D eigenvalue weighted by Gasteiger charge is -2.35. The molecule has 1 aliphatic heterocycles. The van der Waals surface area contributed by atoms with Crippen molar-refractivity contribution in [3.63, 3.8) is 0 Å². The Morgan fingerprint density at radius 3 is 2.42 bits per heavy atom. The van der Waals surface area contributed by atoms with Crippen LogP contribution in [0.3, 0.4) is 0 Å². The summed E-state index contributed by atoms with van der Waals surface area (Å²) in [6.45, 7) is 5.98. The maximum atomic E-state index is 11.9. The van der Waals surface area contributed by atoms with Gasteiger partial charge in [-0.15, -0.1) is 0 Å². The molecule has 7 heteroatoms. The van der Waals surface area contributed by atoms with Crippen LogP contribution in [0.15, 0.2) is 24.3 Å². The summed E-state index contributed by atoms with van der Waals surface area (Å²) < 4.78 is 0. The molecule has 132 valence electrons. The number of benzene rings is 1. The molecule has 3 amide bonds. The van der Waals surface area contributed by atoms with Crippen molar-refractivity contribution in [3.8, 4) is 5.75 Å². The lowest BCUT2D eigenvalue weighted by atomic mass is 10.2. The number of aromatic hydroxyl groups is 1. The number of carbonyl (C=O) groups excluding carboxylic acids is 2. The Bertz CT molecular complexity index is 539. The first-order chi connectivity index (χ1) is 11.6.